The number of amides is 2. The number of Topliss-reactive ketones (excluding diaryl/α,β-unsaturated/α-hetero) is 1. The van der Waals surface area contributed by atoms with E-state index in [0.717, 1.165) is 12.8 Å². The van der Waals surface area contributed by atoms with Crippen LogP contribution in [0.2, 0.25) is 0 Å². The molecule has 1 heterocycles. The normalized spacial score (nSPS) is 16.9. The Morgan fingerprint density at radius 1 is 1.38 bits per heavy atom. The van der Waals surface area contributed by atoms with E-state index in [0.29, 0.717) is 29.5 Å². The van der Waals surface area contributed by atoms with E-state index in [4.69, 9.17) is 4.74 Å². The van der Waals surface area contributed by atoms with E-state index in [1.54, 1.807) is 18.2 Å². The molecule has 1 aromatic carbocycles. The van der Waals surface area contributed by atoms with Gasteiger partial charge in [-0.2, -0.15) is 0 Å². The highest BCUT2D eigenvalue weighted by molar-refractivity contribution is 6.52. The van der Waals surface area contributed by atoms with E-state index in [9.17, 15) is 14.4 Å². The number of nitrogens with one attached hydrogen (secondary N) is 1. The minimum absolute atomic E-state index is 0.141. The fraction of sp³-hybridized carbons (Fsp3) is 0.400. The van der Waals surface area contributed by atoms with Crippen molar-refractivity contribution in [2.45, 2.75) is 12.8 Å². The minimum Gasteiger partial charge on any atom is -0.497 e. The van der Waals surface area contributed by atoms with Crippen LogP contribution in [0.3, 0.4) is 0 Å². The lowest BCUT2D eigenvalue weighted by molar-refractivity contribution is -0.122. The summed E-state index contributed by atoms with van der Waals surface area (Å²) in [6.07, 6.45) is 2.28. The van der Waals surface area contributed by atoms with E-state index in [2.05, 4.69) is 5.32 Å². The van der Waals surface area contributed by atoms with Crippen molar-refractivity contribution in [1.29, 1.82) is 0 Å². The molecule has 110 valence electrons. The molecule has 1 aliphatic heterocycles. The second-order valence-corrected chi connectivity index (χ2v) is 5.35. The SMILES string of the molecule is COc1ccc2c(c1)N(CC(=O)NCC1CC1)C(=O)C2=O. The van der Waals surface area contributed by atoms with Gasteiger partial charge in [0.15, 0.2) is 0 Å². The first-order valence-corrected chi connectivity index (χ1v) is 6.91. The van der Waals surface area contributed by atoms with Gasteiger partial charge in [-0.25, -0.2) is 0 Å². The van der Waals surface area contributed by atoms with Gasteiger partial charge in [0.1, 0.15) is 12.3 Å². The standard InChI is InChI=1S/C15H16N2O4/c1-21-10-4-5-11-12(6-10)17(15(20)14(11)19)8-13(18)16-7-9-2-3-9/h4-6,9H,2-3,7-8H2,1H3,(H,16,18). The Hall–Kier alpha value is -2.37. The number of carbonyl (C=O) groups is 3. The Morgan fingerprint density at radius 2 is 2.14 bits per heavy atom. The van der Waals surface area contributed by atoms with Gasteiger partial charge in [-0.1, -0.05) is 0 Å². The first-order valence-electron chi connectivity index (χ1n) is 6.91. The van der Waals surface area contributed by atoms with Crippen molar-refractivity contribution < 1.29 is 19.1 Å². The molecule has 1 N–H and O–H groups in total. The summed E-state index contributed by atoms with van der Waals surface area (Å²) in [4.78, 5) is 37.0. The largest absolute Gasteiger partial charge is 0.497 e. The highest BCUT2D eigenvalue weighted by Crippen LogP contribution is 2.32. The molecule has 0 unspecified atom stereocenters. The van der Waals surface area contributed by atoms with Gasteiger partial charge >= 0.3 is 0 Å². The summed E-state index contributed by atoms with van der Waals surface area (Å²) in [7, 11) is 1.51. The van der Waals surface area contributed by atoms with Crippen LogP contribution in [0.15, 0.2) is 18.2 Å². The maximum Gasteiger partial charge on any atom is 0.299 e. The van der Waals surface area contributed by atoms with Gasteiger partial charge in [0.05, 0.1) is 18.4 Å². The zero-order valence-electron chi connectivity index (χ0n) is 11.7. The summed E-state index contributed by atoms with van der Waals surface area (Å²) in [6.45, 7) is 0.497. The number of carbonyl (C=O) groups excluding carboxylic acids is 3. The summed E-state index contributed by atoms with van der Waals surface area (Å²) < 4.78 is 5.10. The molecule has 6 heteroatoms. The van der Waals surface area contributed by atoms with Gasteiger partial charge in [0, 0.05) is 12.6 Å². The van der Waals surface area contributed by atoms with Crippen LogP contribution >= 0.6 is 0 Å². The van der Waals surface area contributed by atoms with Crippen LogP contribution in [0.5, 0.6) is 5.75 Å². The van der Waals surface area contributed by atoms with Crippen molar-refractivity contribution in [3.05, 3.63) is 23.8 Å². The Labute approximate surface area is 122 Å². The number of fused-ring (bicyclic) bond motifs is 1. The molecule has 6 nitrogen and oxygen atoms in total. The van der Waals surface area contributed by atoms with Gasteiger partial charge in [-0.05, 0) is 30.9 Å². The lowest BCUT2D eigenvalue weighted by Gasteiger charge is -2.16. The van der Waals surface area contributed by atoms with E-state index in [1.165, 1.54) is 12.0 Å². The molecule has 1 fully saturated rings. The Balaban J connectivity index is 1.77. The molecule has 0 aromatic heterocycles. The van der Waals surface area contributed by atoms with Gasteiger partial charge in [0.25, 0.3) is 11.7 Å². The topological polar surface area (TPSA) is 75.7 Å². The van der Waals surface area contributed by atoms with Crippen LogP contribution in [0.4, 0.5) is 5.69 Å². The number of rotatable bonds is 5. The van der Waals surface area contributed by atoms with Gasteiger partial charge < -0.3 is 10.1 Å². The second kappa shape index (κ2) is 5.20. The molecule has 0 bridgehead atoms. The van der Waals surface area contributed by atoms with Crippen molar-refractivity contribution in [2.75, 3.05) is 25.1 Å². The summed E-state index contributed by atoms with van der Waals surface area (Å²) in [5.41, 5.74) is 0.752. The number of anilines is 1. The lowest BCUT2D eigenvalue weighted by Crippen LogP contribution is -2.40. The van der Waals surface area contributed by atoms with Crippen LogP contribution in [0.25, 0.3) is 0 Å². The molecule has 1 saturated carbocycles. The number of hydrogen-bond acceptors (Lipinski definition) is 4. The molecule has 2 aliphatic rings. The van der Waals surface area contributed by atoms with E-state index in [1.807, 2.05) is 0 Å². The second-order valence-electron chi connectivity index (χ2n) is 5.35. The van der Waals surface area contributed by atoms with Crippen molar-refractivity contribution in [1.82, 2.24) is 5.32 Å². The average Bonchev–Trinajstić information content (AvgIpc) is 3.29. The van der Waals surface area contributed by atoms with Crippen LogP contribution < -0.4 is 15.0 Å². The molecule has 2 amide bonds. The number of methoxy groups -OCH3 is 1. The van der Waals surface area contributed by atoms with Gasteiger partial charge in [-0.3, -0.25) is 19.3 Å². The molecule has 0 radical (unpaired) electrons. The fourth-order valence-electron chi connectivity index (χ4n) is 2.34. The maximum atomic E-state index is 12.0. The smallest absolute Gasteiger partial charge is 0.299 e. The van der Waals surface area contributed by atoms with Crippen LogP contribution in [0, 0.1) is 5.92 Å². The summed E-state index contributed by atoms with van der Waals surface area (Å²) in [6, 6.07) is 4.78. The highest BCUT2D eigenvalue weighted by atomic mass is 16.5. The fourth-order valence-corrected chi connectivity index (χ4v) is 2.34. The molecule has 0 spiro atoms. The third kappa shape index (κ3) is 2.61. The summed E-state index contributed by atoms with van der Waals surface area (Å²) in [5, 5.41) is 2.79. The number of ketones is 1. The molecule has 21 heavy (non-hydrogen) atoms. The number of ether oxygens (including phenoxy) is 1. The summed E-state index contributed by atoms with van der Waals surface area (Å²) >= 11 is 0. The highest BCUT2D eigenvalue weighted by Gasteiger charge is 2.37. The molecular formula is C15H16N2O4. The van der Waals surface area contributed by atoms with Gasteiger partial charge in [-0.15, -0.1) is 0 Å². The zero-order chi connectivity index (χ0) is 15.0. The van der Waals surface area contributed by atoms with Crippen molar-refractivity contribution in [2.24, 2.45) is 5.92 Å². The lowest BCUT2D eigenvalue weighted by atomic mass is 10.1. The van der Waals surface area contributed by atoms with Crippen LogP contribution in [-0.2, 0) is 9.59 Å². The maximum absolute atomic E-state index is 12.0. The monoisotopic (exact) mass is 288 g/mol. The first kappa shape index (κ1) is 13.6. The van der Waals surface area contributed by atoms with E-state index in [-0.39, 0.29) is 12.5 Å². The molecule has 3 rings (SSSR count). The average molecular weight is 288 g/mol. The molecule has 1 aliphatic carbocycles. The van der Waals surface area contributed by atoms with Crippen molar-refractivity contribution >= 4 is 23.3 Å². The zero-order valence-corrected chi connectivity index (χ0v) is 11.7. The molecular weight excluding hydrogens is 272 g/mol. The molecule has 1 aromatic rings. The molecule has 0 saturated heterocycles. The van der Waals surface area contributed by atoms with E-state index < -0.39 is 11.7 Å². The minimum atomic E-state index is -0.667. The quantitative estimate of drug-likeness (QED) is 0.811. The van der Waals surface area contributed by atoms with E-state index >= 15 is 0 Å². The predicted molar refractivity (Wildman–Crippen MR) is 75.4 cm³/mol. The van der Waals surface area contributed by atoms with Crippen molar-refractivity contribution in [3.63, 3.8) is 0 Å². The number of benzene rings is 1. The van der Waals surface area contributed by atoms with Crippen LogP contribution in [-0.4, -0.2) is 37.8 Å². The first-order chi connectivity index (χ1) is 10.1. The van der Waals surface area contributed by atoms with Crippen molar-refractivity contribution in [3.8, 4) is 5.75 Å². The third-order valence-electron chi connectivity index (χ3n) is 3.77. The number of hydrogen-bond donors (Lipinski definition) is 1. The predicted octanol–water partition coefficient (Wildman–Crippen LogP) is 0.751. The summed E-state index contributed by atoms with van der Waals surface area (Å²) in [5.74, 6) is -0.391. The Kier molecular flexibility index (Phi) is 3.37. The third-order valence-corrected chi connectivity index (χ3v) is 3.77. The molecule has 0 atom stereocenters. The Bertz CT molecular complexity index is 622. The van der Waals surface area contributed by atoms with Gasteiger partial charge in [0.2, 0.25) is 5.91 Å². The van der Waals surface area contributed by atoms with Crippen LogP contribution in [0.1, 0.15) is 23.2 Å². The number of nitrogens with zero attached hydrogens (tertiary/aromatic N) is 1. The Morgan fingerprint density at radius 3 is 2.81 bits per heavy atom.